The predicted octanol–water partition coefficient (Wildman–Crippen LogP) is 4.80. The first-order valence-corrected chi connectivity index (χ1v) is 11.6. The lowest BCUT2D eigenvalue weighted by molar-refractivity contribution is -0.158. The lowest BCUT2D eigenvalue weighted by Gasteiger charge is -2.38. The Morgan fingerprint density at radius 2 is 1.71 bits per heavy atom. The first kappa shape index (κ1) is 24.3. The normalized spacial score (nSPS) is 19.6. The Hall–Kier alpha value is -2.81. The van der Waals surface area contributed by atoms with Gasteiger partial charge in [0.15, 0.2) is 0 Å². The maximum absolute atomic E-state index is 14.0. The van der Waals surface area contributed by atoms with Crippen molar-refractivity contribution in [2.75, 3.05) is 37.6 Å². The molecule has 0 N–H and O–H groups in total. The van der Waals surface area contributed by atoms with E-state index < -0.39 is 17.7 Å². The van der Waals surface area contributed by atoms with E-state index in [0.29, 0.717) is 50.6 Å². The number of nitrogens with zero attached hydrogens (tertiary/aromatic N) is 4. The highest BCUT2D eigenvalue weighted by atomic mass is 19.4. The summed E-state index contributed by atoms with van der Waals surface area (Å²) in [7, 11) is 0. The summed E-state index contributed by atoms with van der Waals surface area (Å²) in [4.78, 5) is 22.2. The van der Waals surface area contributed by atoms with E-state index in [4.69, 9.17) is 4.74 Å². The monoisotopic (exact) mass is 476 g/mol. The molecule has 0 aliphatic carbocycles. The molecule has 184 valence electrons. The molecule has 0 spiro atoms. The molecule has 2 aromatic rings. The largest absolute Gasteiger partial charge is 0.444 e. The van der Waals surface area contributed by atoms with Crippen molar-refractivity contribution in [3.05, 3.63) is 59.3 Å². The Balaban J connectivity index is 1.48. The molecule has 1 saturated heterocycles. The number of piperazine rings is 1. The first-order chi connectivity index (χ1) is 16.0. The Kier molecular flexibility index (Phi) is 6.75. The number of pyridine rings is 1. The van der Waals surface area contributed by atoms with Crippen molar-refractivity contribution >= 4 is 11.9 Å². The van der Waals surface area contributed by atoms with Crippen molar-refractivity contribution < 1.29 is 22.7 Å². The van der Waals surface area contributed by atoms with Gasteiger partial charge < -0.3 is 14.5 Å². The Labute approximate surface area is 198 Å². The van der Waals surface area contributed by atoms with Gasteiger partial charge in [0.1, 0.15) is 17.3 Å². The smallest absolute Gasteiger partial charge is 0.410 e. The van der Waals surface area contributed by atoms with Crippen LogP contribution in [0, 0.1) is 0 Å². The van der Waals surface area contributed by atoms with E-state index in [1.807, 2.05) is 60.9 Å². The van der Waals surface area contributed by atoms with E-state index in [9.17, 15) is 18.0 Å². The third-order valence-electron chi connectivity index (χ3n) is 6.06. The Morgan fingerprint density at radius 1 is 1.03 bits per heavy atom. The standard InChI is InChI=1S/C25H31F3N4O2/c1-24(2,3)34-23(33)32-13-11-31(12-14-32)21-10-9-19-16-30(15-18-7-5-4-6-8-18)17-20(22(19)29-21)25(26,27)28/h4-10,20H,11-17H2,1-3H3. The molecule has 0 saturated carbocycles. The second-order valence-corrected chi connectivity index (χ2v) is 9.92. The van der Waals surface area contributed by atoms with Crippen molar-refractivity contribution in [3.63, 3.8) is 0 Å². The second-order valence-electron chi connectivity index (χ2n) is 9.92. The fourth-order valence-corrected chi connectivity index (χ4v) is 4.42. The van der Waals surface area contributed by atoms with Crippen LogP contribution in [0.2, 0.25) is 0 Å². The molecule has 0 bridgehead atoms. The van der Waals surface area contributed by atoms with E-state index in [2.05, 4.69) is 4.98 Å². The number of ether oxygens (including phenoxy) is 1. The minimum absolute atomic E-state index is 0.115. The van der Waals surface area contributed by atoms with Crippen molar-refractivity contribution in [2.45, 2.75) is 51.6 Å². The molecule has 1 aromatic carbocycles. The molecule has 1 unspecified atom stereocenters. The van der Waals surface area contributed by atoms with Gasteiger partial charge >= 0.3 is 12.3 Å². The van der Waals surface area contributed by atoms with Gasteiger partial charge in [-0.25, -0.2) is 9.78 Å². The van der Waals surface area contributed by atoms with Crippen LogP contribution in [0.3, 0.4) is 0 Å². The van der Waals surface area contributed by atoms with Crippen LogP contribution in [-0.4, -0.2) is 65.4 Å². The maximum atomic E-state index is 14.0. The van der Waals surface area contributed by atoms with E-state index in [-0.39, 0.29) is 18.3 Å². The van der Waals surface area contributed by atoms with Crippen LogP contribution in [0.15, 0.2) is 42.5 Å². The highest BCUT2D eigenvalue weighted by Gasteiger charge is 2.46. The third kappa shape index (κ3) is 5.81. The number of aromatic nitrogens is 1. The number of benzene rings is 1. The number of amides is 1. The van der Waals surface area contributed by atoms with Gasteiger partial charge in [0.05, 0.1) is 5.69 Å². The summed E-state index contributed by atoms with van der Waals surface area (Å²) in [5, 5.41) is 0. The van der Waals surface area contributed by atoms with Crippen LogP contribution in [0.25, 0.3) is 0 Å². The highest BCUT2D eigenvalue weighted by molar-refractivity contribution is 5.68. The molecule has 9 heteroatoms. The molecule has 6 nitrogen and oxygen atoms in total. The molecule has 1 aromatic heterocycles. The molecule has 2 aliphatic heterocycles. The van der Waals surface area contributed by atoms with Gasteiger partial charge in [-0.2, -0.15) is 13.2 Å². The number of alkyl halides is 3. The maximum Gasteiger partial charge on any atom is 0.410 e. The summed E-state index contributed by atoms with van der Waals surface area (Å²) >= 11 is 0. The Morgan fingerprint density at radius 3 is 2.32 bits per heavy atom. The summed E-state index contributed by atoms with van der Waals surface area (Å²) in [5.74, 6) is -1.11. The molecule has 1 amide bonds. The van der Waals surface area contributed by atoms with E-state index in [1.165, 1.54) is 0 Å². The van der Waals surface area contributed by atoms with Crippen molar-refractivity contribution in [1.29, 1.82) is 0 Å². The second kappa shape index (κ2) is 9.44. The van der Waals surface area contributed by atoms with Crippen molar-refractivity contribution in [1.82, 2.24) is 14.8 Å². The number of carbonyl (C=O) groups excluding carboxylic acids is 1. The minimum Gasteiger partial charge on any atom is -0.444 e. The topological polar surface area (TPSA) is 48.9 Å². The minimum atomic E-state index is -4.38. The van der Waals surface area contributed by atoms with E-state index in [0.717, 1.165) is 5.56 Å². The van der Waals surface area contributed by atoms with Crippen molar-refractivity contribution in [3.8, 4) is 0 Å². The van der Waals surface area contributed by atoms with Crippen LogP contribution >= 0.6 is 0 Å². The number of halogens is 3. The molecule has 2 aliphatic rings. The van der Waals surface area contributed by atoms with Gasteiger partial charge in [-0.15, -0.1) is 0 Å². The first-order valence-electron chi connectivity index (χ1n) is 11.6. The third-order valence-corrected chi connectivity index (χ3v) is 6.06. The molecule has 4 rings (SSSR count). The summed E-state index contributed by atoms with van der Waals surface area (Å²) in [6, 6.07) is 13.1. The summed E-state index contributed by atoms with van der Waals surface area (Å²) in [6.45, 7) is 8.06. The van der Waals surface area contributed by atoms with Gasteiger partial charge in [-0.3, -0.25) is 4.90 Å². The van der Waals surface area contributed by atoms with Crippen LogP contribution in [0.5, 0.6) is 0 Å². The van der Waals surface area contributed by atoms with E-state index in [1.54, 1.807) is 17.0 Å². The molecule has 3 heterocycles. The highest BCUT2D eigenvalue weighted by Crippen LogP contribution is 2.40. The van der Waals surface area contributed by atoms with Crippen LogP contribution < -0.4 is 4.90 Å². The zero-order chi connectivity index (χ0) is 24.5. The van der Waals surface area contributed by atoms with E-state index >= 15 is 0 Å². The number of anilines is 1. The lowest BCUT2D eigenvalue weighted by Crippen LogP contribution is -2.50. The van der Waals surface area contributed by atoms with Gasteiger partial charge in [-0.1, -0.05) is 36.4 Å². The Bertz CT molecular complexity index is 999. The molecule has 1 fully saturated rings. The number of hydrogen-bond donors (Lipinski definition) is 0. The van der Waals surface area contributed by atoms with Gasteiger partial charge in [0.2, 0.25) is 0 Å². The molecule has 0 radical (unpaired) electrons. The van der Waals surface area contributed by atoms with Crippen LogP contribution in [-0.2, 0) is 17.8 Å². The number of carbonyl (C=O) groups is 1. The fraction of sp³-hybridized carbons (Fsp3) is 0.520. The molecular weight excluding hydrogens is 445 g/mol. The van der Waals surface area contributed by atoms with Crippen molar-refractivity contribution in [2.24, 2.45) is 0 Å². The fourth-order valence-electron chi connectivity index (χ4n) is 4.42. The number of fused-ring (bicyclic) bond motifs is 1. The quantitative estimate of drug-likeness (QED) is 0.637. The SMILES string of the molecule is CC(C)(C)OC(=O)N1CCN(c2ccc3c(n2)C(C(F)(F)F)CN(Cc2ccccc2)C3)CC1. The molecule has 34 heavy (non-hydrogen) atoms. The predicted molar refractivity (Wildman–Crippen MR) is 124 cm³/mol. The average molecular weight is 477 g/mol. The van der Waals surface area contributed by atoms with Crippen LogP contribution in [0.1, 0.15) is 43.5 Å². The lowest BCUT2D eigenvalue weighted by atomic mass is 9.93. The molecule has 1 atom stereocenters. The summed E-state index contributed by atoms with van der Waals surface area (Å²) in [6.07, 6.45) is -4.76. The summed E-state index contributed by atoms with van der Waals surface area (Å²) in [5.41, 5.74) is 1.14. The molecular formula is C25H31F3N4O2. The number of rotatable bonds is 3. The number of hydrogen-bond acceptors (Lipinski definition) is 5. The average Bonchev–Trinajstić information content (AvgIpc) is 2.77. The summed E-state index contributed by atoms with van der Waals surface area (Å²) < 4.78 is 47.5. The van der Waals surface area contributed by atoms with Crippen LogP contribution in [0.4, 0.5) is 23.8 Å². The van der Waals surface area contributed by atoms with Gasteiger partial charge in [0, 0.05) is 45.8 Å². The van der Waals surface area contributed by atoms with Gasteiger partial charge in [0.25, 0.3) is 0 Å². The zero-order valence-corrected chi connectivity index (χ0v) is 19.8. The van der Waals surface area contributed by atoms with Gasteiger partial charge in [-0.05, 0) is 38.0 Å². The zero-order valence-electron chi connectivity index (χ0n) is 19.8.